The molecule has 1 fully saturated rings. The lowest BCUT2D eigenvalue weighted by Gasteiger charge is -2.33. The van der Waals surface area contributed by atoms with E-state index in [2.05, 4.69) is 38.3 Å². The van der Waals surface area contributed by atoms with Crippen LogP contribution in [0, 0.1) is 0 Å². The Hall–Kier alpha value is -1.21. The van der Waals surface area contributed by atoms with Crippen LogP contribution in [0.2, 0.25) is 0 Å². The Morgan fingerprint density at radius 2 is 2.05 bits per heavy atom. The van der Waals surface area contributed by atoms with Gasteiger partial charge in [0.05, 0.1) is 6.54 Å². The predicted octanol–water partition coefficient (Wildman–Crippen LogP) is 0.920. The summed E-state index contributed by atoms with van der Waals surface area (Å²) in [6.07, 6.45) is 0. The molecule has 2 heterocycles. The maximum absolute atomic E-state index is 11.6. The highest BCUT2D eigenvalue weighted by atomic mass is 32.1. The molecule has 0 aromatic carbocycles. The third-order valence-corrected chi connectivity index (χ3v) is 4.12. The highest BCUT2D eigenvalue weighted by molar-refractivity contribution is 7.09. The highest BCUT2D eigenvalue weighted by Gasteiger charge is 2.21. The molecule has 1 amide bonds. The number of carbonyl (C=O) groups excluding carboxylic acids is 1. The van der Waals surface area contributed by atoms with E-state index < -0.39 is 0 Å². The zero-order valence-electron chi connectivity index (χ0n) is 12.4. The fraction of sp³-hybridized carbons (Fsp3) is 0.769. The maximum atomic E-state index is 11.6. The van der Waals surface area contributed by atoms with Crippen molar-refractivity contribution in [1.82, 2.24) is 19.6 Å². The van der Waals surface area contributed by atoms with Crippen molar-refractivity contribution in [2.24, 2.45) is 0 Å². The summed E-state index contributed by atoms with van der Waals surface area (Å²) in [5.41, 5.74) is 0. The first-order valence-electron chi connectivity index (χ1n) is 7.17. The molecule has 1 saturated heterocycles. The number of hydrogen-bond acceptors (Lipinski definition) is 6. The number of carbonyl (C=O) groups is 1. The minimum Gasteiger partial charge on any atom is -0.355 e. The molecule has 0 saturated carbocycles. The minimum absolute atomic E-state index is 0.110. The van der Waals surface area contributed by atoms with Crippen LogP contribution in [-0.2, 0) is 4.79 Å². The molecule has 1 N–H and O–H groups in total. The van der Waals surface area contributed by atoms with E-state index in [1.807, 2.05) is 6.92 Å². The van der Waals surface area contributed by atoms with Crippen LogP contribution >= 0.6 is 11.5 Å². The summed E-state index contributed by atoms with van der Waals surface area (Å²) in [6.45, 7) is 11.0. The second kappa shape index (κ2) is 6.99. The van der Waals surface area contributed by atoms with Gasteiger partial charge in [0.1, 0.15) is 5.82 Å². The van der Waals surface area contributed by atoms with Crippen molar-refractivity contribution in [3.8, 4) is 0 Å². The van der Waals surface area contributed by atoms with Crippen LogP contribution in [0.4, 0.5) is 5.13 Å². The van der Waals surface area contributed by atoms with Gasteiger partial charge in [-0.25, -0.2) is 4.98 Å². The molecule has 7 heteroatoms. The molecule has 0 bridgehead atoms. The molecule has 1 aromatic heterocycles. The van der Waals surface area contributed by atoms with Gasteiger partial charge in [-0.1, -0.05) is 13.8 Å². The first kappa shape index (κ1) is 15.2. The fourth-order valence-corrected chi connectivity index (χ4v) is 3.00. The number of hydrogen-bond donors (Lipinski definition) is 1. The Kier molecular flexibility index (Phi) is 5.31. The summed E-state index contributed by atoms with van der Waals surface area (Å²) in [4.78, 5) is 20.6. The average molecular weight is 297 g/mol. The van der Waals surface area contributed by atoms with E-state index in [-0.39, 0.29) is 5.91 Å². The molecule has 20 heavy (non-hydrogen) atoms. The van der Waals surface area contributed by atoms with Crippen molar-refractivity contribution in [3.05, 3.63) is 5.82 Å². The molecule has 0 atom stereocenters. The second-order valence-corrected chi connectivity index (χ2v) is 6.04. The van der Waals surface area contributed by atoms with Gasteiger partial charge in [-0.3, -0.25) is 9.69 Å². The van der Waals surface area contributed by atoms with E-state index in [1.165, 1.54) is 11.5 Å². The topological polar surface area (TPSA) is 61.4 Å². The molecule has 1 aliphatic heterocycles. The van der Waals surface area contributed by atoms with Crippen LogP contribution in [0.5, 0.6) is 0 Å². The Labute approximate surface area is 124 Å². The van der Waals surface area contributed by atoms with Crippen LogP contribution in [0.15, 0.2) is 0 Å². The Bertz CT molecular complexity index is 440. The van der Waals surface area contributed by atoms with Gasteiger partial charge in [-0.2, -0.15) is 4.37 Å². The van der Waals surface area contributed by atoms with E-state index in [1.54, 1.807) is 0 Å². The number of piperazine rings is 1. The number of likely N-dealkylation sites (N-methyl/N-ethyl adjacent to an activating group) is 1. The highest BCUT2D eigenvalue weighted by Crippen LogP contribution is 2.22. The lowest BCUT2D eigenvalue weighted by Crippen LogP contribution is -2.49. The Balaban J connectivity index is 1.82. The van der Waals surface area contributed by atoms with Gasteiger partial charge in [0.25, 0.3) is 0 Å². The van der Waals surface area contributed by atoms with E-state index >= 15 is 0 Å². The van der Waals surface area contributed by atoms with E-state index in [9.17, 15) is 4.79 Å². The van der Waals surface area contributed by atoms with Crippen LogP contribution < -0.4 is 10.2 Å². The molecule has 2 rings (SSSR count). The van der Waals surface area contributed by atoms with E-state index in [0.29, 0.717) is 19.0 Å². The molecule has 112 valence electrons. The van der Waals surface area contributed by atoms with E-state index in [0.717, 1.165) is 37.1 Å². The standard InChI is InChI=1S/C13H23N5OS/c1-4-14-11(19)9-17-5-7-18(8-6-17)13-15-12(10(2)3)16-20-13/h10H,4-9H2,1-3H3,(H,14,19). The van der Waals surface area contributed by atoms with Crippen molar-refractivity contribution in [2.75, 3.05) is 44.2 Å². The second-order valence-electron chi connectivity index (χ2n) is 5.31. The van der Waals surface area contributed by atoms with Gasteiger partial charge in [-0.15, -0.1) is 0 Å². The zero-order valence-corrected chi connectivity index (χ0v) is 13.2. The summed E-state index contributed by atoms with van der Waals surface area (Å²) >= 11 is 1.47. The summed E-state index contributed by atoms with van der Waals surface area (Å²) in [7, 11) is 0. The van der Waals surface area contributed by atoms with Gasteiger partial charge in [0.2, 0.25) is 11.0 Å². The van der Waals surface area contributed by atoms with Crippen molar-refractivity contribution in [2.45, 2.75) is 26.7 Å². The van der Waals surface area contributed by atoms with Gasteiger partial charge in [0.15, 0.2) is 0 Å². The minimum atomic E-state index is 0.110. The third kappa shape index (κ3) is 3.89. The largest absolute Gasteiger partial charge is 0.355 e. The quantitative estimate of drug-likeness (QED) is 0.876. The molecule has 0 radical (unpaired) electrons. The predicted molar refractivity (Wildman–Crippen MR) is 81.3 cm³/mol. The summed E-state index contributed by atoms with van der Waals surface area (Å²) in [5.74, 6) is 1.41. The van der Waals surface area contributed by atoms with Crippen molar-refractivity contribution in [3.63, 3.8) is 0 Å². The molecule has 0 spiro atoms. The number of nitrogens with zero attached hydrogens (tertiary/aromatic N) is 4. The van der Waals surface area contributed by atoms with Gasteiger partial charge >= 0.3 is 0 Å². The number of anilines is 1. The summed E-state index contributed by atoms with van der Waals surface area (Å²) in [5, 5.41) is 3.84. The van der Waals surface area contributed by atoms with Gasteiger partial charge in [0, 0.05) is 50.2 Å². The van der Waals surface area contributed by atoms with Gasteiger partial charge < -0.3 is 10.2 Å². The first-order valence-corrected chi connectivity index (χ1v) is 7.95. The first-order chi connectivity index (χ1) is 9.60. The normalized spacial score (nSPS) is 16.7. The summed E-state index contributed by atoms with van der Waals surface area (Å²) in [6, 6.07) is 0. The zero-order chi connectivity index (χ0) is 14.5. The SMILES string of the molecule is CCNC(=O)CN1CCN(c2nc(C(C)C)ns2)CC1. The van der Waals surface area contributed by atoms with Crippen LogP contribution in [0.3, 0.4) is 0 Å². The molecule has 0 unspecified atom stereocenters. The number of aromatic nitrogens is 2. The van der Waals surface area contributed by atoms with Gasteiger partial charge in [-0.05, 0) is 6.92 Å². The number of nitrogens with one attached hydrogen (secondary N) is 1. The molecule has 0 aliphatic carbocycles. The molecule has 6 nitrogen and oxygen atoms in total. The van der Waals surface area contributed by atoms with Crippen LogP contribution in [-0.4, -0.2) is 59.4 Å². The monoisotopic (exact) mass is 297 g/mol. The molecule has 1 aliphatic rings. The molecular weight excluding hydrogens is 274 g/mol. The van der Waals surface area contributed by atoms with Crippen molar-refractivity contribution in [1.29, 1.82) is 0 Å². The maximum Gasteiger partial charge on any atom is 0.234 e. The number of amides is 1. The average Bonchev–Trinajstić information content (AvgIpc) is 2.89. The molecule has 1 aromatic rings. The van der Waals surface area contributed by atoms with E-state index in [4.69, 9.17) is 0 Å². The Morgan fingerprint density at radius 1 is 1.35 bits per heavy atom. The van der Waals surface area contributed by atoms with Crippen molar-refractivity contribution >= 4 is 22.6 Å². The van der Waals surface area contributed by atoms with Crippen LogP contribution in [0.25, 0.3) is 0 Å². The lowest BCUT2D eigenvalue weighted by molar-refractivity contribution is -0.122. The smallest absolute Gasteiger partial charge is 0.234 e. The molecular formula is C13H23N5OS. The lowest BCUT2D eigenvalue weighted by atomic mass is 10.2. The number of rotatable bonds is 5. The Morgan fingerprint density at radius 3 is 2.60 bits per heavy atom. The third-order valence-electron chi connectivity index (χ3n) is 3.33. The van der Waals surface area contributed by atoms with Crippen LogP contribution in [0.1, 0.15) is 32.5 Å². The summed E-state index contributed by atoms with van der Waals surface area (Å²) < 4.78 is 4.39. The van der Waals surface area contributed by atoms with Crippen molar-refractivity contribution < 1.29 is 4.79 Å². The fourth-order valence-electron chi connectivity index (χ4n) is 2.14.